The molecule has 1 heterocycles. The molecule has 12 heteroatoms. The summed E-state index contributed by atoms with van der Waals surface area (Å²) in [4.78, 5) is 51.0. The van der Waals surface area contributed by atoms with Crippen molar-refractivity contribution in [2.75, 3.05) is 13.2 Å². The lowest BCUT2D eigenvalue weighted by Gasteiger charge is -2.40. The minimum atomic E-state index is -1.93. The highest BCUT2D eigenvalue weighted by Crippen LogP contribution is 2.26. The molecular formula is C63H98O12. The average Bonchev–Trinajstić information content (AvgIpc) is 3.39. The molecule has 1 rings (SSSR count). The highest BCUT2D eigenvalue weighted by atomic mass is 16.7. The Balaban J connectivity index is 2.78. The second-order valence-electron chi connectivity index (χ2n) is 18.8. The molecule has 3 N–H and O–H groups in total. The number of hydrogen-bond acceptors (Lipinski definition) is 11. The fourth-order valence-corrected chi connectivity index (χ4v) is 7.68. The van der Waals surface area contributed by atoms with E-state index in [0.29, 0.717) is 25.7 Å². The number of unbranched alkanes of at least 4 members (excludes halogenated alkanes) is 12. The van der Waals surface area contributed by atoms with Crippen molar-refractivity contribution in [3.05, 3.63) is 122 Å². The van der Waals surface area contributed by atoms with Crippen molar-refractivity contribution >= 4 is 23.9 Å². The number of aliphatic carboxylic acids is 1. The fourth-order valence-electron chi connectivity index (χ4n) is 7.68. The van der Waals surface area contributed by atoms with E-state index < -0.39 is 67.3 Å². The summed E-state index contributed by atoms with van der Waals surface area (Å²) in [6, 6.07) is 0. The number of carbonyl (C=O) groups is 4. The molecule has 0 aromatic carbocycles. The fraction of sp³-hybridized carbons (Fsp3) is 0.619. The maximum Gasteiger partial charge on any atom is 0.335 e. The standard InChI is InChI=1S/C63H98O12/c1-4-7-10-13-16-19-22-25-27-28-30-33-36-39-42-45-48-51-57(66)74-61-59(68)58(67)60(62(69)70)75-63(61)72-53-54(73-56(65)50-47-44-41-38-35-31-24-21-18-15-12-9-6-3)52-71-55(64)49-46-43-40-37-34-32-29-26-23-20-17-14-11-8-5-2/h7-8,10-11,16-17,19-21,24-27,29-30,33-34,37,39,42,54,58-61,63,67-68H,4-6,9,12-15,18,22-23,28,31-32,35-36,38,40-41,43-53H2,1-3H3,(H,69,70)/b10-7-,11-8-,19-16-,20-17-,24-21-,27-25-,29-26-,33-30-,37-34-,42-39-. The van der Waals surface area contributed by atoms with Crippen LogP contribution in [0.1, 0.15) is 201 Å². The Kier molecular flexibility index (Phi) is 45.4. The first kappa shape index (κ1) is 68.1. The summed E-state index contributed by atoms with van der Waals surface area (Å²) in [6.07, 6.45) is 56.1. The Bertz CT molecular complexity index is 1770. The van der Waals surface area contributed by atoms with Gasteiger partial charge in [-0.15, -0.1) is 0 Å². The molecule has 12 nitrogen and oxygen atoms in total. The van der Waals surface area contributed by atoms with Gasteiger partial charge in [0.15, 0.2) is 24.6 Å². The molecule has 1 aliphatic rings. The van der Waals surface area contributed by atoms with Crippen LogP contribution in [0.4, 0.5) is 0 Å². The van der Waals surface area contributed by atoms with Gasteiger partial charge < -0.3 is 39.0 Å². The zero-order valence-electron chi connectivity index (χ0n) is 46.2. The topological polar surface area (TPSA) is 175 Å². The Morgan fingerprint density at radius 2 is 0.853 bits per heavy atom. The molecule has 1 fully saturated rings. The molecule has 0 bridgehead atoms. The maximum atomic E-state index is 13.1. The van der Waals surface area contributed by atoms with Crippen LogP contribution in [0.15, 0.2) is 122 Å². The summed E-state index contributed by atoms with van der Waals surface area (Å²) < 4.78 is 28.3. The summed E-state index contributed by atoms with van der Waals surface area (Å²) in [5, 5.41) is 31.4. The zero-order chi connectivity index (χ0) is 54.7. The van der Waals surface area contributed by atoms with Crippen molar-refractivity contribution in [1.29, 1.82) is 0 Å². The van der Waals surface area contributed by atoms with Gasteiger partial charge in [0.1, 0.15) is 18.8 Å². The first-order chi connectivity index (χ1) is 36.6. The van der Waals surface area contributed by atoms with E-state index in [0.717, 1.165) is 109 Å². The van der Waals surface area contributed by atoms with E-state index in [1.165, 1.54) is 25.7 Å². The molecule has 0 aliphatic carbocycles. The number of rotatable bonds is 46. The zero-order valence-corrected chi connectivity index (χ0v) is 46.2. The van der Waals surface area contributed by atoms with Crippen LogP contribution in [0.3, 0.4) is 0 Å². The number of allylic oxidation sites excluding steroid dienone is 20. The molecule has 0 spiro atoms. The number of carbonyl (C=O) groups excluding carboxylic acids is 3. The quantitative estimate of drug-likeness (QED) is 0.0228. The molecule has 422 valence electrons. The number of ether oxygens (including phenoxy) is 5. The van der Waals surface area contributed by atoms with E-state index in [-0.39, 0.29) is 25.9 Å². The molecule has 0 amide bonds. The largest absolute Gasteiger partial charge is 0.479 e. The van der Waals surface area contributed by atoms with Crippen LogP contribution in [0, 0.1) is 0 Å². The number of aliphatic hydroxyl groups excluding tert-OH is 2. The predicted molar refractivity (Wildman–Crippen MR) is 303 cm³/mol. The van der Waals surface area contributed by atoms with E-state index in [1.54, 1.807) is 0 Å². The Hall–Kier alpha value is -4.88. The highest BCUT2D eigenvalue weighted by Gasteiger charge is 2.50. The summed E-state index contributed by atoms with van der Waals surface area (Å²) in [7, 11) is 0. The van der Waals surface area contributed by atoms with Crippen molar-refractivity contribution in [2.45, 2.75) is 237 Å². The lowest BCUT2D eigenvalue weighted by atomic mass is 9.98. The van der Waals surface area contributed by atoms with Crippen molar-refractivity contribution in [3.8, 4) is 0 Å². The molecular weight excluding hydrogens is 949 g/mol. The first-order valence-electron chi connectivity index (χ1n) is 28.5. The van der Waals surface area contributed by atoms with Gasteiger partial charge in [0.05, 0.1) is 6.61 Å². The van der Waals surface area contributed by atoms with E-state index in [2.05, 4.69) is 130 Å². The molecule has 1 saturated heterocycles. The highest BCUT2D eigenvalue weighted by molar-refractivity contribution is 5.74. The van der Waals surface area contributed by atoms with Crippen molar-refractivity contribution < 1.29 is 58.2 Å². The van der Waals surface area contributed by atoms with Crippen molar-refractivity contribution in [1.82, 2.24) is 0 Å². The second-order valence-corrected chi connectivity index (χ2v) is 18.8. The van der Waals surface area contributed by atoms with Gasteiger partial charge in [0, 0.05) is 19.3 Å². The van der Waals surface area contributed by atoms with Crippen LogP contribution in [0.25, 0.3) is 0 Å². The molecule has 0 aromatic heterocycles. The third-order valence-corrected chi connectivity index (χ3v) is 12.0. The molecule has 75 heavy (non-hydrogen) atoms. The number of carboxylic acid groups (broad SMARTS) is 1. The average molecular weight is 1050 g/mol. The van der Waals surface area contributed by atoms with Crippen LogP contribution in [0.2, 0.25) is 0 Å². The summed E-state index contributed by atoms with van der Waals surface area (Å²) >= 11 is 0. The molecule has 6 unspecified atom stereocenters. The van der Waals surface area contributed by atoms with Crippen molar-refractivity contribution in [2.24, 2.45) is 0 Å². The Labute approximate surface area is 452 Å². The molecule has 6 atom stereocenters. The molecule has 0 saturated carbocycles. The molecule has 0 aromatic rings. The summed E-state index contributed by atoms with van der Waals surface area (Å²) in [6.45, 7) is 5.66. The van der Waals surface area contributed by atoms with Crippen LogP contribution < -0.4 is 0 Å². The van der Waals surface area contributed by atoms with Gasteiger partial charge in [-0.25, -0.2) is 4.79 Å². The maximum absolute atomic E-state index is 13.1. The van der Waals surface area contributed by atoms with Gasteiger partial charge in [0.2, 0.25) is 0 Å². The first-order valence-corrected chi connectivity index (χ1v) is 28.5. The SMILES string of the molecule is CC/C=C\C/C=C\C/C=C\C/C=C\C/C=C\CCCC(=O)OC1C(OCC(COC(=O)CCCC/C=C\C/C=C\C/C=C\C/C=C\CC)OC(=O)CCCCCCC/C=C\CCCCCC)OC(C(=O)O)C(O)C1O. The van der Waals surface area contributed by atoms with Gasteiger partial charge in [-0.2, -0.15) is 0 Å². The van der Waals surface area contributed by atoms with E-state index in [1.807, 2.05) is 12.2 Å². The van der Waals surface area contributed by atoms with Crippen LogP contribution in [-0.4, -0.2) is 89.2 Å². The Morgan fingerprint density at radius 1 is 0.453 bits per heavy atom. The van der Waals surface area contributed by atoms with Crippen LogP contribution in [0.5, 0.6) is 0 Å². The monoisotopic (exact) mass is 1050 g/mol. The van der Waals surface area contributed by atoms with Crippen molar-refractivity contribution in [3.63, 3.8) is 0 Å². The third kappa shape index (κ3) is 40.1. The number of carboxylic acids is 1. The van der Waals surface area contributed by atoms with Crippen LogP contribution >= 0.6 is 0 Å². The minimum absolute atomic E-state index is 0.0292. The normalized spacial score (nSPS) is 19.1. The number of hydrogen-bond donors (Lipinski definition) is 3. The van der Waals surface area contributed by atoms with E-state index >= 15 is 0 Å². The van der Waals surface area contributed by atoms with E-state index in [9.17, 15) is 34.5 Å². The number of esters is 3. The van der Waals surface area contributed by atoms with Gasteiger partial charge in [-0.1, -0.05) is 181 Å². The molecule has 0 radical (unpaired) electrons. The third-order valence-electron chi connectivity index (χ3n) is 12.0. The second kappa shape index (κ2) is 50.0. The van der Waals surface area contributed by atoms with E-state index in [4.69, 9.17) is 23.7 Å². The lowest BCUT2D eigenvalue weighted by Crippen LogP contribution is -2.61. The Morgan fingerprint density at radius 3 is 1.36 bits per heavy atom. The minimum Gasteiger partial charge on any atom is -0.479 e. The predicted octanol–water partition coefficient (Wildman–Crippen LogP) is 14.4. The lowest BCUT2D eigenvalue weighted by molar-refractivity contribution is -0.301. The summed E-state index contributed by atoms with van der Waals surface area (Å²) in [5.41, 5.74) is 0. The summed E-state index contributed by atoms with van der Waals surface area (Å²) in [5.74, 6) is -3.28. The van der Waals surface area contributed by atoms with Gasteiger partial charge in [-0.05, 0) is 122 Å². The smallest absolute Gasteiger partial charge is 0.335 e. The number of aliphatic hydroxyl groups is 2. The van der Waals surface area contributed by atoms with Gasteiger partial charge in [-0.3, -0.25) is 14.4 Å². The van der Waals surface area contributed by atoms with Gasteiger partial charge in [0.25, 0.3) is 0 Å². The van der Waals surface area contributed by atoms with Gasteiger partial charge >= 0.3 is 23.9 Å². The van der Waals surface area contributed by atoms with Crippen LogP contribution in [-0.2, 0) is 42.9 Å². The molecule has 1 aliphatic heterocycles.